The maximum Gasteiger partial charge on any atom is 0.249 e. The van der Waals surface area contributed by atoms with E-state index in [9.17, 15) is 9.59 Å². The quantitative estimate of drug-likeness (QED) is 0.660. The van der Waals surface area contributed by atoms with Crippen molar-refractivity contribution in [3.05, 3.63) is 0 Å². The topological polar surface area (TPSA) is 70.7 Å². The number of nitrogens with zero attached hydrogens (tertiary/aromatic N) is 1. The molecule has 2 saturated heterocycles. The monoisotopic (exact) mass is 269 g/mol. The fourth-order valence-electron chi connectivity index (χ4n) is 2.42. The van der Waals surface area contributed by atoms with Crippen molar-refractivity contribution in [2.45, 2.75) is 31.8 Å². The van der Waals surface area contributed by atoms with Crippen molar-refractivity contribution in [1.29, 1.82) is 0 Å². The summed E-state index contributed by atoms with van der Waals surface area (Å²) in [5, 5.41) is 6.05. The molecule has 0 saturated carbocycles. The molecule has 0 aromatic rings. The minimum atomic E-state index is -0.274. The van der Waals surface area contributed by atoms with Crippen molar-refractivity contribution >= 4 is 11.8 Å². The largest absolute Gasteiger partial charge is 0.368 e. The lowest BCUT2D eigenvalue weighted by atomic mass is 10.2. The van der Waals surface area contributed by atoms with Crippen LogP contribution in [-0.4, -0.2) is 62.1 Å². The van der Waals surface area contributed by atoms with E-state index in [0.717, 1.165) is 39.0 Å². The molecule has 19 heavy (non-hydrogen) atoms. The first-order valence-electron chi connectivity index (χ1n) is 7.15. The fourth-order valence-corrected chi connectivity index (χ4v) is 2.42. The van der Waals surface area contributed by atoms with E-state index >= 15 is 0 Å². The number of rotatable bonds is 5. The van der Waals surface area contributed by atoms with Gasteiger partial charge in [-0.1, -0.05) is 0 Å². The van der Waals surface area contributed by atoms with Crippen molar-refractivity contribution in [3.8, 4) is 0 Å². The summed E-state index contributed by atoms with van der Waals surface area (Å²) in [5.74, 6) is 0.153. The second-order valence-electron chi connectivity index (χ2n) is 5.03. The molecule has 0 aromatic heterocycles. The minimum Gasteiger partial charge on any atom is -0.368 e. The highest BCUT2D eigenvalue weighted by atomic mass is 16.5. The summed E-state index contributed by atoms with van der Waals surface area (Å²) >= 11 is 0. The van der Waals surface area contributed by atoms with E-state index in [1.165, 1.54) is 0 Å². The molecule has 6 nitrogen and oxygen atoms in total. The number of ether oxygens (including phenoxy) is 1. The molecule has 1 unspecified atom stereocenters. The van der Waals surface area contributed by atoms with Gasteiger partial charge >= 0.3 is 0 Å². The summed E-state index contributed by atoms with van der Waals surface area (Å²) in [6.07, 6.45) is 2.70. The van der Waals surface area contributed by atoms with Gasteiger partial charge in [-0.15, -0.1) is 0 Å². The zero-order chi connectivity index (χ0) is 13.5. The third kappa shape index (κ3) is 4.47. The molecule has 0 aromatic carbocycles. The standard InChI is InChI=1S/C13H23N3O3/c17-12(16-8-6-14-7-9-16)4-1-5-15-13(18)11-3-2-10-19-11/h11,14H,1-10H2,(H,15,18). The van der Waals surface area contributed by atoms with E-state index in [2.05, 4.69) is 10.6 Å². The summed E-state index contributed by atoms with van der Waals surface area (Å²) in [5.41, 5.74) is 0. The first-order valence-corrected chi connectivity index (χ1v) is 7.15. The Morgan fingerprint density at radius 2 is 2.11 bits per heavy atom. The lowest BCUT2D eigenvalue weighted by Crippen LogP contribution is -2.46. The number of hydrogen-bond donors (Lipinski definition) is 2. The molecule has 2 heterocycles. The third-order valence-corrected chi connectivity index (χ3v) is 3.56. The summed E-state index contributed by atoms with van der Waals surface area (Å²) in [6, 6.07) is 0. The van der Waals surface area contributed by atoms with Crippen LogP contribution < -0.4 is 10.6 Å². The molecular formula is C13H23N3O3. The molecule has 0 radical (unpaired) electrons. The number of carbonyl (C=O) groups excluding carboxylic acids is 2. The van der Waals surface area contributed by atoms with Gasteiger partial charge in [-0.2, -0.15) is 0 Å². The van der Waals surface area contributed by atoms with Crippen molar-refractivity contribution in [1.82, 2.24) is 15.5 Å². The van der Waals surface area contributed by atoms with Gasteiger partial charge in [-0.25, -0.2) is 0 Å². The maximum atomic E-state index is 11.9. The van der Waals surface area contributed by atoms with E-state index in [0.29, 0.717) is 26.0 Å². The molecule has 2 aliphatic rings. The first kappa shape index (κ1) is 14.3. The Hall–Kier alpha value is -1.14. The SMILES string of the molecule is O=C(NCCCC(=O)N1CCNCC1)C1CCCO1. The summed E-state index contributed by atoms with van der Waals surface area (Å²) in [6.45, 7) is 4.57. The van der Waals surface area contributed by atoms with Crippen LogP contribution in [-0.2, 0) is 14.3 Å². The highest BCUT2D eigenvalue weighted by Crippen LogP contribution is 2.11. The maximum absolute atomic E-state index is 11.9. The molecule has 6 heteroatoms. The van der Waals surface area contributed by atoms with Crippen LogP contribution in [0.1, 0.15) is 25.7 Å². The van der Waals surface area contributed by atoms with Crippen LogP contribution in [0, 0.1) is 0 Å². The molecule has 2 amide bonds. The molecule has 0 spiro atoms. The van der Waals surface area contributed by atoms with Crippen molar-refractivity contribution < 1.29 is 14.3 Å². The first-order chi connectivity index (χ1) is 9.27. The van der Waals surface area contributed by atoms with Crippen LogP contribution in [0.25, 0.3) is 0 Å². The molecule has 0 bridgehead atoms. The second-order valence-corrected chi connectivity index (χ2v) is 5.03. The molecular weight excluding hydrogens is 246 g/mol. The Bertz CT molecular complexity index is 310. The Morgan fingerprint density at radius 3 is 2.79 bits per heavy atom. The number of nitrogens with one attached hydrogen (secondary N) is 2. The molecule has 1 atom stereocenters. The summed E-state index contributed by atoms with van der Waals surface area (Å²) in [7, 11) is 0. The van der Waals surface area contributed by atoms with Gasteiger partial charge in [0, 0.05) is 45.8 Å². The van der Waals surface area contributed by atoms with Crippen LogP contribution >= 0.6 is 0 Å². The summed E-state index contributed by atoms with van der Waals surface area (Å²) < 4.78 is 5.29. The predicted molar refractivity (Wildman–Crippen MR) is 70.7 cm³/mol. The molecule has 2 fully saturated rings. The van der Waals surface area contributed by atoms with Crippen molar-refractivity contribution in [3.63, 3.8) is 0 Å². The number of amides is 2. The Kier molecular flexibility index (Phi) is 5.60. The van der Waals surface area contributed by atoms with E-state index in [1.807, 2.05) is 4.90 Å². The lowest BCUT2D eigenvalue weighted by molar-refractivity contribution is -0.133. The van der Waals surface area contributed by atoms with Gasteiger partial charge in [0.1, 0.15) is 6.10 Å². The van der Waals surface area contributed by atoms with Crippen LogP contribution in [0.15, 0.2) is 0 Å². The average molecular weight is 269 g/mol. The van der Waals surface area contributed by atoms with E-state index in [1.54, 1.807) is 0 Å². The highest BCUT2D eigenvalue weighted by molar-refractivity contribution is 5.81. The smallest absolute Gasteiger partial charge is 0.249 e. The summed E-state index contributed by atoms with van der Waals surface area (Å²) in [4.78, 5) is 25.4. The number of carbonyl (C=O) groups is 2. The highest BCUT2D eigenvalue weighted by Gasteiger charge is 2.23. The Labute approximate surface area is 113 Å². The third-order valence-electron chi connectivity index (χ3n) is 3.56. The normalized spacial score (nSPS) is 23.4. The van der Waals surface area contributed by atoms with Crippen LogP contribution in [0.2, 0.25) is 0 Å². The fraction of sp³-hybridized carbons (Fsp3) is 0.846. The van der Waals surface area contributed by atoms with E-state index in [-0.39, 0.29) is 17.9 Å². The van der Waals surface area contributed by atoms with E-state index < -0.39 is 0 Å². The van der Waals surface area contributed by atoms with Crippen LogP contribution in [0.5, 0.6) is 0 Å². The molecule has 2 rings (SSSR count). The zero-order valence-corrected chi connectivity index (χ0v) is 11.3. The molecule has 2 aliphatic heterocycles. The van der Waals surface area contributed by atoms with Crippen LogP contribution in [0.4, 0.5) is 0 Å². The van der Waals surface area contributed by atoms with Crippen molar-refractivity contribution in [2.24, 2.45) is 0 Å². The van der Waals surface area contributed by atoms with Gasteiger partial charge in [0.2, 0.25) is 11.8 Å². The predicted octanol–water partition coefficient (Wildman–Crippen LogP) is -0.506. The molecule has 2 N–H and O–H groups in total. The molecule has 108 valence electrons. The van der Waals surface area contributed by atoms with Crippen molar-refractivity contribution in [2.75, 3.05) is 39.3 Å². The van der Waals surface area contributed by atoms with Crippen LogP contribution in [0.3, 0.4) is 0 Å². The lowest BCUT2D eigenvalue weighted by Gasteiger charge is -2.27. The van der Waals surface area contributed by atoms with E-state index in [4.69, 9.17) is 4.74 Å². The van der Waals surface area contributed by atoms with Gasteiger partial charge in [0.05, 0.1) is 0 Å². The Morgan fingerprint density at radius 1 is 1.32 bits per heavy atom. The number of hydrogen-bond acceptors (Lipinski definition) is 4. The molecule has 0 aliphatic carbocycles. The van der Waals surface area contributed by atoms with Gasteiger partial charge in [-0.05, 0) is 19.3 Å². The van der Waals surface area contributed by atoms with Gasteiger partial charge in [0.25, 0.3) is 0 Å². The number of piperazine rings is 1. The van der Waals surface area contributed by atoms with Gasteiger partial charge in [-0.3, -0.25) is 9.59 Å². The second kappa shape index (κ2) is 7.45. The minimum absolute atomic E-state index is 0.0351. The van der Waals surface area contributed by atoms with Gasteiger partial charge in [0.15, 0.2) is 0 Å². The Balaban J connectivity index is 1.55. The average Bonchev–Trinajstić information content (AvgIpc) is 2.98. The van der Waals surface area contributed by atoms with Gasteiger partial charge < -0.3 is 20.3 Å². The zero-order valence-electron chi connectivity index (χ0n) is 11.3.